The zero-order chi connectivity index (χ0) is 12.1. The van der Waals surface area contributed by atoms with Crippen LogP contribution in [0.15, 0.2) is 49.0 Å². The summed E-state index contributed by atoms with van der Waals surface area (Å²) < 4.78 is 0.837. The van der Waals surface area contributed by atoms with Crippen molar-refractivity contribution in [2.45, 2.75) is 6.54 Å². The topological polar surface area (TPSA) is 12.0 Å². The summed E-state index contributed by atoms with van der Waals surface area (Å²) in [5, 5.41) is 3.37. The number of benzene rings is 1. The number of thiophene rings is 1. The van der Waals surface area contributed by atoms with Crippen LogP contribution < -0.4 is 5.32 Å². The smallest absolute Gasteiger partial charge is 0.0931 e. The van der Waals surface area contributed by atoms with Crippen molar-refractivity contribution in [1.29, 1.82) is 0 Å². The summed E-state index contributed by atoms with van der Waals surface area (Å²) in [6.07, 6.45) is 0. The monoisotopic (exact) mass is 263 g/mol. The molecule has 1 nitrogen and oxygen atoms in total. The number of rotatable bonds is 5. The van der Waals surface area contributed by atoms with Gasteiger partial charge >= 0.3 is 0 Å². The normalized spacial score (nSPS) is 10.4. The van der Waals surface area contributed by atoms with Crippen LogP contribution in [0.25, 0.3) is 5.57 Å². The van der Waals surface area contributed by atoms with Crippen molar-refractivity contribution in [3.8, 4) is 0 Å². The van der Waals surface area contributed by atoms with Gasteiger partial charge in [-0.25, -0.2) is 0 Å². The lowest BCUT2D eigenvalue weighted by Gasteiger charge is -2.06. The molecule has 1 aromatic heterocycles. The summed E-state index contributed by atoms with van der Waals surface area (Å²) in [5.74, 6) is 0. The van der Waals surface area contributed by atoms with E-state index in [2.05, 4.69) is 24.0 Å². The van der Waals surface area contributed by atoms with Crippen LogP contribution in [0.5, 0.6) is 0 Å². The second kappa shape index (κ2) is 6.01. The molecule has 0 fully saturated rings. The maximum absolute atomic E-state index is 5.87. The first-order valence-electron chi connectivity index (χ1n) is 5.44. The average molecular weight is 264 g/mol. The molecule has 1 aromatic carbocycles. The van der Waals surface area contributed by atoms with Crippen molar-refractivity contribution in [2.75, 3.05) is 6.54 Å². The Hall–Kier alpha value is -1.09. The fourth-order valence-electron chi connectivity index (χ4n) is 1.56. The minimum atomic E-state index is 0.791. The minimum Gasteiger partial charge on any atom is -0.308 e. The van der Waals surface area contributed by atoms with Crippen LogP contribution in [-0.2, 0) is 6.54 Å². The molecule has 0 atom stereocenters. The zero-order valence-corrected chi connectivity index (χ0v) is 11.0. The lowest BCUT2D eigenvalue weighted by atomic mass is 10.1. The highest BCUT2D eigenvalue weighted by molar-refractivity contribution is 7.16. The van der Waals surface area contributed by atoms with Gasteiger partial charge in [0.2, 0.25) is 0 Å². The summed E-state index contributed by atoms with van der Waals surface area (Å²) in [4.78, 5) is 1.25. The fraction of sp³-hybridized carbons (Fsp3) is 0.143. The van der Waals surface area contributed by atoms with Gasteiger partial charge in [-0.15, -0.1) is 11.3 Å². The third-order valence-corrected chi connectivity index (χ3v) is 3.68. The van der Waals surface area contributed by atoms with Crippen molar-refractivity contribution in [3.63, 3.8) is 0 Å². The highest BCUT2D eigenvalue weighted by Crippen LogP contribution is 2.21. The van der Waals surface area contributed by atoms with Crippen LogP contribution >= 0.6 is 22.9 Å². The number of nitrogens with one attached hydrogen (secondary N) is 1. The number of halogens is 1. The molecule has 0 aliphatic carbocycles. The van der Waals surface area contributed by atoms with Crippen LogP contribution in [0.2, 0.25) is 4.34 Å². The van der Waals surface area contributed by atoms with E-state index in [0.717, 1.165) is 23.0 Å². The molecule has 1 heterocycles. The van der Waals surface area contributed by atoms with E-state index in [1.807, 2.05) is 30.3 Å². The van der Waals surface area contributed by atoms with Gasteiger partial charge in [0.05, 0.1) is 4.34 Å². The van der Waals surface area contributed by atoms with Gasteiger partial charge in [0.25, 0.3) is 0 Å². The third kappa shape index (κ3) is 3.70. The molecule has 0 saturated carbocycles. The molecule has 0 bridgehead atoms. The van der Waals surface area contributed by atoms with E-state index in [9.17, 15) is 0 Å². The second-order valence-electron chi connectivity index (χ2n) is 3.78. The Kier molecular flexibility index (Phi) is 4.37. The van der Waals surface area contributed by atoms with Crippen molar-refractivity contribution >= 4 is 28.5 Å². The molecule has 2 rings (SSSR count). The molecule has 0 aliphatic rings. The van der Waals surface area contributed by atoms with Crippen LogP contribution in [0, 0.1) is 0 Å². The molecule has 0 saturated heterocycles. The van der Waals surface area contributed by atoms with Gasteiger partial charge in [0.1, 0.15) is 0 Å². The Morgan fingerprint density at radius 1 is 1.18 bits per heavy atom. The second-order valence-corrected chi connectivity index (χ2v) is 5.58. The zero-order valence-electron chi connectivity index (χ0n) is 9.45. The first-order valence-corrected chi connectivity index (χ1v) is 6.63. The van der Waals surface area contributed by atoms with E-state index >= 15 is 0 Å². The summed E-state index contributed by atoms with van der Waals surface area (Å²) in [7, 11) is 0. The van der Waals surface area contributed by atoms with E-state index in [-0.39, 0.29) is 0 Å². The van der Waals surface area contributed by atoms with Gasteiger partial charge in [-0.1, -0.05) is 48.5 Å². The number of hydrogen-bond acceptors (Lipinski definition) is 2. The van der Waals surface area contributed by atoms with Gasteiger partial charge in [-0.2, -0.15) is 0 Å². The van der Waals surface area contributed by atoms with Gasteiger partial charge < -0.3 is 5.32 Å². The summed E-state index contributed by atoms with van der Waals surface area (Å²) in [6, 6.07) is 14.2. The number of hydrogen-bond donors (Lipinski definition) is 1. The van der Waals surface area contributed by atoms with Gasteiger partial charge in [0.15, 0.2) is 0 Å². The standard InChI is InChI=1S/C14H14ClNS/c1-11(12-5-3-2-4-6-12)9-16-10-13-7-8-14(15)17-13/h2-8,16H,1,9-10H2. The van der Waals surface area contributed by atoms with E-state index in [1.54, 1.807) is 11.3 Å². The molecule has 2 aromatic rings. The molecule has 17 heavy (non-hydrogen) atoms. The van der Waals surface area contributed by atoms with E-state index in [1.165, 1.54) is 10.4 Å². The molecule has 0 spiro atoms. The van der Waals surface area contributed by atoms with Gasteiger partial charge in [0, 0.05) is 18.0 Å². The quantitative estimate of drug-likeness (QED) is 0.852. The summed E-state index contributed by atoms with van der Waals surface area (Å²) in [5.41, 5.74) is 2.29. The van der Waals surface area contributed by atoms with E-state index in [4.69, 9.17) is 11.6 Å². The highest BCUT2D eigenvalue weighted by atomic mass is 35.5. The van der Waals surface area contributed by atoms with Crippen molar-refractivity contribution in [1.82, 2.24) is 5.32 Å². The molecule has 0 aliphatic heterocycles. The van der Waals surface area contributed by atoms with E-state index < -0.39 is 0 Å². The highest BCUT2D eigenvalue weighted by Gasteiger charge is 2.00. The first-order chi connectivity index (χ1) is 8.25. The Labute approximate surface area is 111 Å². The fourth-order valence-corrected chi connectivity index (χ4v) is 2.62. The Morgan fingerprint density at radius 2 is 1.94 bits per heavy atom. The minimum absolute atomic E-state index is 0.791. The lowest BCUT2D eigenvalue weighted by Crippen LogP contribution is -2.14. The van der Waals surface area contributed by atoms with Crippen molar-refractivity contribution < 1.29 is 0 Å². The average Bonchev–Trinajstić information content (AvgIpc) is 2.76. The largest absolute Gasteiger partial charge is 0.308 e. The molecule has 88 valence electrons. The van der Waals surface area contributed by atoms with E-state index in [0.29, 0.717) is 0 Å². The maximum Gasteiger partial charge on any atom is 0.0931 e. The Balaban J connectivity index is 1.81. The van der Waals surface area contributed by atoms with Crippen LogP contribution in [0.3, 0.4) is 0 Å². The maximum atomic E-state index is 5.87. The van der Waals surface area contributed by atoms with Crippen LogP contribution in [0.1, 0.15) is 10.4 Å². The SMILES string of the molecule is C=C(CNCc1ccc(Cl)s1)c1ccccc1. The van der Waals surface area contributed by atoms with Crippen LogP contribution in [0.4, 0.5) is 0 Å². The molecule has 0 unspecified atom stereocenters. The van der Waals surface area contributed by atoms with Gasteiger partial charge in [-0.05, 0) is 23.3 Å². The van der Waals surface area contributed by atoms with Crippen molar-refractivity contribution in [3.05, 3.63) is 63.8 Å². The summed E-state index contributed by atoms with van der Waals surface area (Å²) >= 11 is 7.48. The third-order valence-electron chi connectivity index (χ3n) is 2.45. The Bertz CT molecular complexity index is 490. The summed E-state index contributed by atoms with van der Waals surface area (Å²) in [6.45, 7) is 5.70. The van der Waals surface area contributed by atoms with Crippen LogP contribution in [-0.4, -0.2) is 6.54 Å². The Morgan fingerprint density at radius 3 is 2.59 bits per heavy atom. The molecule has 3 heteroatoms. The molecular weight excluding hydrogens is 250 g/mol. The first kappa shape index (κ1) is 12.4. The predicted octanol–water partition coefficient (Wildman–Crippen LogP) is 4.20. The molecule has 0 radical (unpaired) electrons. The molecule has 1 N–H and O–H groups in total. The predicted molar refractivity (Wildman–Crippen MR) is 76.5 cm³/mol. The van der Waals surface area contributed by atoms with Crippen molar-refractivity contribution in [2.24, 2.45) is 0 Å². The molecular formula is C14H14ClNS. The molecule has 0 amide bonds. The lowest BCUT2D eigenvalue weighted by molar-refractivity contribution is 0.779. The van der Waals surface area contributed by atoms with Gasteiger partial charge in [-0.3, -0.25) is 0 Å².